The van der Waals surface area contributed by atoms with Crippen molar-refractivity contribution in [2.24, 2.45) is 0 Å². The highest BCUT2D eigenvalue weighted by Crippen LogP contribution is 2.23. The number of aryl methyl sites for hydroxylation is 2. The first-order valence-electron chi connectivity index (χ1n) is 8.75. The number of aromatic nitrogens is 2. The molecule has 0 spiro atoms. The summed E-state index contributed by atoms with van der Waals surface area (Å²) < 4.78 is 4.84. The first-order chi connectivity index (χ1) is 13.1. The number of esters is 1. The zero-order valence-electron chi connectivity index (χ0n) is 15.6. The Bertz CT molecular complexity index is 939. The second kappa shape index (κ2) is 8.31. The molecule has 0 atom stereocenters. The highest BCUT2D eigenvalue weighted by molar-refractivity contribution is 5.96. The van der Waals surface area contributed by atoms with Gasteiger partial charge in [0.1, 0.15) is 17.5 Å². The minimum absolute atomic E-state index is 0.404. The van der Waals surface area contributed by atoms with Gasteiger partial charge in [-0.2, -0.15) is 0 Å². The number of para-hydroxylation sites is 1. The SMILES string of the molecule is CCc1ccc(Nc2cc(Nc3ccccc3C(=O)OC)nc(C)n2)cc1. The summed E-state index contributed by atoms with van der Waals surface area (Å²) in [6, 6.07) is 17.2. The van der Waals surface area contributed by atoms with Crippen LogP contribution in [0, 0.1) is 6.92 Å². The largest absolute Gasteiger partial charge is 0.465 e. The lowest BCUT2D eigenvalue weighted by atomic mass is 10.1. The smallest absolute Gasteiger partial charge is 0.339 e. The fourth-order valence-corrected chi connectivity index (χ4v) is 2.69. The Labute approximate surface area is 158 Å². The minimum Gasteiger partial charge on any atom is -0.465 e. The van der Waals surface area contributed by atoms with Crippen LogP contribution in [-0.2, 0) is 11.2 Å². The lowest BCUT2D eigenvalue weighted by Gasteiger charge is -2.12. The molecule has 3 aromatic rings. The number of hydrogen-bond donors (Lipinski definition) is 2. The Morgan fingerprint density at radius 3 is 2.33 bits per heavy atom. The molecule has 2 N–H and O–H groups in total. The minimum atomic E-state index is -0.404. The standard InChI is InChI=1S/C21H22N4O2/c1-4-15-9-11-16(12-10-15)24-19-13-20(23-14(2)22-19)25-18-8-6-5-7-17(18)21(26)27-3/h5-13H,4H2,1-3H3,(H2,22,23,24,25). The van der Waals surface area contributed by atoms with Gasteiger partial charge in [-0.25, -0.2) is 14.8 Å². The quantitative estimate of drug-likeness (QED) is 0.623. The average Bonchev–Trinajstić information content (AvgIpc) is 2.68. The molecule has 0 amide bonds. The maximum absolute atomic E-state index is 11.9. The summed E-state index contributed by atoms with van der Waals surface area (Å²) >= 11 is 0. The van der Waals surface area contributed by atoms with Crippen LogP contribution in [0.25, 0.3) is 0 Å². The number of rotatable bonds is 6. The van der Waals surface area contributed by atoms with E-state index in [9.17, 15) is 4.79 Å². The summed E-state index contributed by atoms with van der Waals surface area (Å²) in [6.07, 6.45) is 1.00. The van der Waals surface area contributed by atoms with Gasteiger partial charge in [0.05, 0.1) is 18.4 Å². The summed E-state index contributed by atoms with van der Waals surface area (Å²) in [7, 11) is 1.36. The molecule has 0 radical (unpaired) electrons. The Morgan fingerprint density at radius 1 is 1.00 bits per heavy atom. The number of nitrogens with zero attached hydrogens (tertiary/aromatic N) is 2. The summed E-state index contributed by atoms with van der Waals surface area (Å²) in [5.41, 5.74) is 3.30. The van der Waals surface area contributed by atoms with Crippen LogP contribution in [0.15, 0.2) is 54.6 Å². The molecule has 2 aromatic carbocycles. The second-order valence-corrected chi connectivity index (χ2v) is 6.02. The number of benzene rings is 2. The Kier molecular flexibility index (Phi) is 5.66. The van der Waals surface area contributed by atoms with Crippen LogP contribution < -0.4 is 10.6 Å². The van der Waals surface area contributed by atoms with Crippen LogP contribution in [0.2, 0.25) is 0 Å². The van der Waals surface area contributed by atoms with Gasteiger partial charge in [-0.15, -0.1) is 0 Å². The number of carbonyl (C=O) groups is 1. The van der Waals surface area contributed by atoms with Gasteiger partial charge in [0.15, 0.2) is 0 Å². The van der Waals surface area contributed by atoms with E-state index < -0.39 is 5.97 Å². The molecule has 3 rings (SSSR count). The third-order valence-electron chi connectivity index (χ3n) is 4.07. The van der Waals surface area contributed by atoms with Crippen LogP contribution in [0.3, 0.4) is 0 Å². The molecule has 6 nitrogen and oxygen atoms in total. The molecule has 0 saturated carbocycles. The van der Waals surface area contributed by atoms with Crippen molar-refractivity contribution in [3.8, 4) is 0 Å². The maximum Gasteiger partial charge on any atom is 0.339 e. The third-order valence-corrected chi connectivity index (χ3v) is 4.07. The third kappa shape index (κ3) is 4.61. The van der Waals surface area contributed by atoms with Crippen LogP contribution in [0.4, 0.5) is 23.0 Å². The first-order valence-corrected chi connectivity index (χ1v) is 8.75. The van der Waals surface area contributed by atoms with Gasteiger partial charge in [-0.3, -0.25) is 0 Å². The molecule has 6 heteroatoms. The van der Waals surface area contributed by atoms with Crippen molar-refractivity contribution in [3.63, 3.8) is 0 Å². The molecular weight excluding hydrogens is 340 g/mol. The molecule has 27 heavy (non-hydrogen) atoms. The van der Waals surface area contributed by atoms with E-state index in [1.54, 1.807) is 24.3 Å². The molecule has 0 aliphatic rings. The molecule has 0 bridgehead atoms. The maximum atomic E-state index is 11.9. The molecule has 138 valence electrons. The van der Waals surface area contributed by atoms with E-state index in [0.29, 0.717) is 28.7 Å². The van der Waals surface area contributed by atoms with E-state index in [1.807, 2.05) is 25.1 Å². The summed E-state index contributed by atoms with van der Waals surface area (Å²) in [6.45, 7) is 3.95. The van der Waals surface area contributed by atoms with Crippen LogP contribution in [0.1, 0.15) is 28.7 Å². The average molecular weight is 362 g/mol. The molecule has 0 aliphatic carbocycles. The van der Waals surface area contributed by atoms with Crippen molar-refractivity contribution < 1.29 is 9.53 Å². The van der Waals surface area contributed by atoms with E-state index in [4.69, 9.17) is 4.74 Å². The summed E-state index contributed by atoms with van der Waals surface area (Å²) in [4.78, 5) is 20.8. The zero-order valence-corrected chi connectivity index (χ0v) is 15.6. The number of ether oxygens (including phenoxy) is 1. The summed E-state index contributed by atoms with van der Waals surface area (Å²) in [5.74, 6) is 1.47. The van der Waals surface area contributed by atoms with E-state index in [0.717, 1.165) is 12.1 Å². The second-order valence-electron chi connectivity index (χ2n) is 6.02. The molecular formula is C21H22N4O2. The van der Waals surface area contributed by atoms with Gasteiger partial charge >= 0.3 is 5.97 Å². The number of nitrogens with one attached hydrogen (secondary N) is 2. The van der Waals surface area contributed by atoms with Crippen LogP contribution in [-0.4, -0.2) is 23.0 Å². The molecule has 0 fully saturated rings. The number of hydrogen-bond acceptors (Lipinski definition) is 6. The van der Waals surface area contributed by atoms with Crippen molar-refractivity contribution >= 4 is 29.0 Å². The molecule has 1 heterocycles. The van der Waals surface area contributed by atoms with Crippen molar-refractivity contribution in [1.82, 2.24) is 9.97 Å². The normalized spacial score (nSPS) is 10.3. The van der Waals surface area contributed by atoms with E-state index >= 15 is 0 Å². The molecule has 0 unspecified atom stereocenters. The first kappa shape index (κ1) is 18.4. The van der Waals surface area contributed by atoms with Crippen molar-refractivity contribution in [2.75, 3.05) is 17.7 Å². The Hall–Kier alpha value is -3.41. The van der Waals surface area contributed by atoms with Crippen molar-refractivity contribution in [2.45, 2.75) is 20.3 Å². The van der Waals surface area contributed by atoms with Crippen molar-refractivity contribution in [1.29, 1.82) is 0 Å². The lowest BCUT2D eigenvalue weighted by molar-refractivity contribution is 0.0602. The van der Waals surface area contributed by atoms with Gasteiger partial charge in [0, 0.05) is 11.8 Å². The zero-order chi connectivity index (χ0) is 19.2. The molecule has 1 aromatic heterocycles. The number of carbonyl (C=O) groups excluding carboxylic acids is 1. The van der Waals surface area contributed by atoms with E-state index in [2.05, 4.69) is 39.7 Å². The van der Waals surface area contributed by atoms with Crippen LogP contribution in [0.5, 0.6) is 0 Å². The number of methoxy groups -OCH3 is 1. The predicted octanol–water partition coefficient (Wildman–Crippen LogP) is 4.62. The van der Waals surface area contributed by atoms with Gasteiger partial charge in [-0.1, -0.05) is 31.2 Å². The van der Waals surface area contributed by atoms with Crippen LogP contribution >= 0.6 is 0 Å². The fourth-order valence-electron chi connectivity index (χ4n) is 2.69. The highest BCUT2D eigenvalue weighted by Gasteiger charge is 2.12. The monoisotopic (exact) mass is 362 g/mol. The van der Waals surface area contributed by atoms with E-state index in [1.165, 1.54) is 12.7 Å². The van der Waals surface area contributed by atoms with Gasteiger partial charge < -0.3 is 15.4 Å². The summed E-state index contributed by atoms with van der Waals surface area (Å²) in [5, 5.41) is 6.47. The number of anilines is 4. The predicted molar refractivity (Wildman–Crippen MR) is 107 cm³/mol. The van der Waals surface area contributed by atoms with E-state index in [-0.39, 0.29) is 0 Å². The topological polar surface area (TPSA) is 76.1 Å². The van der Waals surface area contributed by atoms with Gasteiger partial charge in [0.2, 0.25) is 0 Å². The Morgan fingerprint density at radius 2 is 1.67 bits per heavy atom. The fraction of sp³-hybridized carbons (Fsp3) is 0.190. The van der Waals surface area contributed by atoms with Gasteiger partial charge in [0.25, 0.3) is 0 Å². The molecule has 0 saturated heterocycles. The van der Waals surface area contributed by atoms with Gasteiger partial charge in [-0.05, 0) is 43.2 Å². The highest BCUT2D eigenvalue weighted by atomic mass is 16.5. The Balaban J connectivity index is 1.84. The lowest BCUT2D eigenvalue weighted by Crippen LogP contribution is -2.07. The van der Waals surface area contributed by atoms with Crippen molar-refractivity contribution in [3.05, 3.63) is 71.5 Å². The molecule has 0 aliphatic heterocycles.